The molecule has 0 heterocycles. The molecule has 0 fully saturated rings. The zero-order valence-corrected chi connectivity index (χ0v) is 11.5. The Morgan fingerprint density at radius 2 is 2.12 bits per heavy atom. The van der Waals surface area contributed by atoms with Crippen molar-refractivity contribution in [3.05, 3.63) is 28.2 Å². The fourth-order valence-electron chi connectivity index (χ4n) is 1.22. The molecule has 0 aliphatic carbocycles. The van der Waals surface area contributed by atoms with Crippen LogP contribution >= 0.6 is 15.9 Å². The van der Waals surface area contributed by atoms with Crippen molar-refractivity contribution in [2.75, 3.05) is 23.9 Å². The van der Waals surface area contributed by atoms with Crippen molar-refractivity contribution >= 4 is 37.4 Å². The largest absolute Gasteiger partial charge is 0.478 e. The number of aromatic carboxylic acids is 1. The first-order valence-electron chi connectivity index (χ1n) is 4.74. The molecule has 0 spiro atoms. The number of hydrogen-bond acceptors (Lipinski definition) is 4. The van der Waals surface area contributed by atoms with Gasteiger partial charge in [0.1, 0.15) is 9.84 Å². The van der Waals surface area contributed by atoms with E-state index in [1.54, 1.807) is 12.1 Å². The highest BCUT2D eigenvalue weighted by atomic mass is 79.9. The Morgan fingerprint density at radius 3 is 2.65 bits per heavy atom. The topological polar surface area (TPSA) is 83.5 Å². The van der Waals surface area contributed by atoms with Gasteiger partial charge in [0.15, 0.2) is 0 Å². The van der Waals surface area contributed by atoms with Crippen molar-refractivity contribution in [1.82, 2.24) is 0 Å². The minimum absolute atomic E-state index is 0.0431. The second-order valence-electron chi connectivity index (χ2n) is 3.55. The lowest BCUT2D eigenvalue weighted by molar-refractivity contribution is 0.0698. The third-order valence-electron chi connectivity index (χ3n) is 2.00. The van der Waals surface area contributed by atoms with Crippen LogP contribution < -0.4 is 5.32 Å². The Balaban J connectivity index is 2.82. The van der Waals surface area contributed by atoms with Gasteiger partial charge in [0.25, 0.3) is 0 Å². The Bertz CT molecular complexity index is 527. The van der Waals surface area contributed by atoms with E-state index in [0.29, 0.717) is 5.69 Å². The standard InChI is InChI=1S/C10H12BrNO4S/c1-17(15,16)5-4-12-9-6-7(11)2-3-8(9)10(13)14/h2-3,6,12H,4-5H2,1H3,(H,13,14). The average molecular weight is 322 g/mol. The quantitative estimate of drug-likeness (QED) is 0.860. The second kappa shape index (κ2) is 5.50. The summed E-state index contributed by atoms with van der Waals surface area (Å²) >= 11 is 3.23. The van der Waals surface area contributed by atoms with Gasteiger partial charge in [-0.1, -0.05) is 15.9 Å². The fourth-order valence-corrected chi connectivity index (χ4v) is 2.05. The van der Waals surface area contributed by atoms with Gasteiger partial charge in [-0.3, -0.25) is 0 Å². The SMILES string of the molecule is CS(=O)(=O)CCNc1cc(Br)ccc1C(=O)O. The summed E-state index contributed by atoms with van der Waals surface area (Å²) < 4.78 is 22.6. The average Bonchev–Trinajstić information content (AvgIpc) is 2.15. The molecule has 0 bridgehead atoms. The van der Waals surface area contributed by atoms with E-state index in [0.717, 1.165) is 10.7 Å². The van der Waals surface area contributed by atoms with Crippen LogP contribution in [-0.2, 0) is 9.84 Å². The van der Waals surface area contributed by atoms with Gasteiger partial charge in [0.05, 0.1) is 11.3 Å². The van der Waals surface area contributed by atoms with Crippen LogP contribution in [-0.4, -0.2) is 38.0 Å². The first-order chi connectivity index (χ1) is 7.79. The molecule has 0 saturated heterocycles. The summed E-state index contributed by atoms with van der Waals surface area (Å²) in [4.78, 5) is 10.9. The van der Waals surface area contributed by atoms with Gasteiger partial charge >= 0.3 is 5.97 Å². The molecule has 17 heavy (non-hydrogen) atoms. The Morgan fingerprint density at radius 1 is 1.47 bits per heavy atom. The number of carboxylic acid groups (broad SMARTS) is 1. The number of carbonyl (C=O) groups is 1. The van der Waals surface area contributed by atoms with Gasteiger partial charge in [0, 0.05) is 23.0 Å². The highest BCUT2D eigenvalue weighted by Crippen LogP contribution is 2.21. The van der Waals surface area contributed by atoms with Crippen molar-refractivity contribution in [2.45, 2.75) is 0 Å². The predicted molar refractivity (Wildman–Crippen MR) is 69.3 cm³/mol. The summed E-state index contributed by atoms with van der Waals surface area (Å²) in [6.45, 7) is 0.176. The Labute approximate surface area is 108 Å². The number of hydrogen-bond donors (Lipinski definition) is 2. The zero-order valence-electron chi connectivity index (χ0n) is 9.10. The minimum Gasteiger partial charge on any atom is -0.478 e. The smallest absolute Gasteiger partial charge is 0.337 e. The number of anilines is 1. The molecule has 0 radical (unpaired) electrons. The zero-order chi connectivity index (χ0) is 13.1. The van der Waals surface area contributed by atoms with Gasteiger partial charge in [0.2, 0.25) is 0 Å². The maximum absolute atomic E-state index is 10.9. The predicted octanol–water partition coefficient (Wildman–Crippen LogP) is 1.60. The molecule has 0 aromatic heterocycles. The molecule has 0 atom stereocenters. The van der Waals surface area contributed by atoms with Crippen molar-refractivity contribution in [3.63, 3.8) is 0 Å². The van der Waals surface area contributed by atoms with Gasteiger partial charge in [-0.15, -0.1) is 0 Å². The van der Waals surface area contributed by atoms with Crippen LogP contribution in [0, 0.1) is 0 Å². The van der Waals surface area contributed by atoms with Crippen LogP contribution in [0.25, 0.3) is 0 Å². The van der Waals surface area contributed by atoms with Crippen LogP contribution in [0.15, 0.2) is 22.7 Å². The molecule has 7 heteroatoms. The van der Waals surface area contributed by atoms with E-state index in [1.807, 2.05) is 0 Å². The van der Waals surface area contributed by atoms with Gasteiger partial charge in [-0.25, -0.2) is 13.2 Å². The second-order valence-corrected chi connectivity index (χ2v) is 6.73. The molecule has 0 aliphatic heterocycles. The molecule has 0 saturated carbocycles. The van der Waals surface area contributed by atoms with Gasteiger partial charge in [-0.05, 0) is 18.2 Å². The number of benzene rings is 1. The summed E-state index contributed by atoms with van der Waals surface area (Å²) in [7, 11) is -3.06. The Hall–Kier alpha value is -1.08. The van der Waals surface area contributed by atoms with Crippen molar-refractivity contribution in [1.29, 1.82) is 0 Å². The lowest BCUT2D eigenvalue weighted by atomic mass is 10.2. The fraction of sp³-hybridized carbons (Fsp3) is 0.300. The number of nitrogens with one attached hydrogen (secondary N) is 1. The van der Waals surface area contributed by atoms with E-state index in [-0.39, 0.29) is 17.9 Å². The molecule has 1 rings (SSSR count). The normalized spacial score (nSPS) is 11.2. The number of halogens is 1. The van der Waals surface area contributed by atoms with E-state index in [2.05, 4.69) is 21.2 Å². The molecule has 2 N–H and O–H groups in total. The van der Waals surface area contributed by atoms with Gasteiger partial charge in [-0.2, -0.15) is 0 Å². The van der Waals surface area contributed by atoms with Crippen LogP contribution in [0.3, 0.4) is 0 Å². The molecule has 0 unspecified atom stereocenters. The number of rotatable bonds is 5. The third kappa shape index (κ3) is 4.74. The molecular weight excluding hydrogens is 310 g/mol. The lowest BCUT2D eigenvalue weighted by Crippen LogP contribution is -2.15. The van der Waals surface area contributed by atoms with E-state index in [1.165, 1.54) is 6.07 Å². The van der Waals surface area contributed by atoms with Crippen molar-refractivity contribution < 1.29 is 18.3 Å². The molecule has 1 aromatic carbocycles. The minimum atomic E-state index is -3.06. The lowest BCUT2D eigenvalue weighted by Gasteiger charge is -2.09. The van der Waals surface area contributed by atoms with Gasteiger partial charge < -0.3 is 10.4 Å². The molecule has 1 aromatic rings. The van der Waals surface area contributed by atoms with Crippen molar-refractivity contribution in [2.24, 2.45) is 0 Å². The maximum atomic E-state index is 10.9. The van der Waals surface area contributed by atoms with E-state index < -0.39 is 15.8 Å². The molecule has 0 amide bonds. The van der Waals surface area contributed by atoms with Crippen LogP contribution in [0.1, 0.15) is 10.4 Å². The monoisotopic (exact) mass is 321 g/mol. The summed E-state index contributed by atoms with van der Waals surface area (Å²) in [5.41, 5.74) is 0.511. The maximum Gasteiger partial charge on any atom is 0.337 e. The molecule has 5 nitrogen and oxygen atoms in total. The summed E-state index contributed by atoms with van der Waals surface area (Å²) in [6, 6.07) is 4.67. The first kappa shape index (κ1) is 14.0. The third-order valence-corrected chi connectivity index (χ3v) is 3.44. The highest BCUT2D eigenvalue weighted by Gasteiger charge is 2.10. The Kier molecular flexibility index (Phi) is 4.53. The highest BCUT2D eigenvalue weighted by molar-refractivity contribution is 9.10. The first-order valence-corrected chi connectivity index (χ1v) is 7.59. The summed E-state index contributed by atoms with van der Waals surface area (Å²) in [5.74, 6) is -1.10. The van der Waals surface area contributed by atoms with Crippen LogP contribution in [0.4, 0.5) is 5.69 Å². The van der Waals surface area contributed by atoms with E-state index >= 15 is 0 Å². The van der Waals surface area contributed by atoms with Crippen molar-refractivity contribution in [3.8, 4) is 0 Å². The molecule has 0 aliphatic rings. The van der Waals surface area contributed by atoms with Crippen LogP contribution in [0.5, 0.6) is 0 Å². The number of sulfone groups is 1. The van der Waals surface area contributed by atoms with Crippen LogP contribution in [0.2, 0.25) is 0 Å². The van der Waals surface area contributed by atoms with E-state index in [9.17, 15) is 13.2 Å². The molecular formula is C10H12BrNO4S. The van der Waals surface area contributed by atoms with E-state index in [4.69, 9.17) is 5.11 Å². The summed E-state index contributed by atoms with van der Waals surface area (Å²) in [5, 5.41) is 11.7. The summed E-state index contributed by atoms with van der Waals surface area (Å²) in [6.07, 6.45) is 1.13. The number of carboxylic acids is 1. The molecule has 94 valence electrons.